The van der Waals surface area contributed by atoms with Gasteiger partial charge < -0.3 is 24.8 Å². The Labute approximate surface area is 193 Å². The summed E-state index contributed by atoms with van der Waals surface area (Å²) in [6, 6.07) is 0.207. The molecule has 1 saturated heterocycles. The fraction of sp³-hybridized carbons (Fsp3) is 0.727. The Hall–Kier alpha value is -2.27. The number of likely N-dealkylation sites (N-methyl/N-ethyl adjacent to an activating group) is 1. The molecule has 1 saturated carbocycles. The highest BCUT2D eigenvalue weighted by molar-refractivity contribution is 5.79. The van der Waals surface area contributed by atoms with Crippen molar-refractivity contribution in [2.24, 2.45) is 11.7 Å². The molecule has 1 unspecified atom stereocenters. The van der Waals surface area contributed by atoms with Gasteiger partial charge in [-0.2, -0.15) is 13.2 Å². The normalized spacial score (nSPS) is 25.5. The Morgan fingerprint density at radius 2 is 1.88 bits per heavy atom. The van der Waals surface area contributed by atoms with Crippen LogP contribution < -0.4 is 11.1 Å². The Morgan fingerprint density at radius 3 is 2.42 bits per heavy atom. The number of alkyl halides is 3. The van der Waals surface area contributed by atoms with Crippen LogP contribution in [0, 0.1) is 11.3 Å². The van der Waals surface area contributed by atoms with Crippen LogP contribution in [0.3, 0.4) is 0 Å². The van der Waals surface area contributed by atoms with Gasteiger partial charge in [-0.1, -0.05) is 13.0 Å². The molecule has 2 fully saturated rings. The minimum absolute atomic E-state index is 0.0405. The number of carbonyl (C=O) groups excluding carboxylic acids is 1. The molecule has 0 spiro atoms. The van der Waals surface area contributed by atoms with Gasteiger partial charge in [-0.25, -0.2) is 4.79 Å². The Morgan fingerprint density at radius 1 is 1.24 bits per heavy atom. The summed E-state index contributed by atoms with van der Waals surface area (Å²) in [5, 5.41) is 10.1. The van der Waals surface area contributed by atoms with E-state index >= 15 is 0 Å². The molecule has 0 aromatic heterocycles. The molecule has 11 heteroatoms. The van der Waals surface area contributed by atoms with E-state index in [1.165, 1.54) is 0 Å². The van der Waals surface area contributed by atoms with Gasteiger partial charge in [0.2, 0.25) is 0 Å². The van der Waals surface area contributed by atoms with E-state index in [0.717, 1.165) is 44.5 Å². The third kappa shape index (κ3) is 6.86. The lowest BCUT2D eigenvalue weighted by Gasteiger charge is -2.42. The SMILES string of the molecule is CC1CCC(N(CC2=CC=C(C(N)OC(=N)C(F)(F)F)CN2)C(=O)N2CCN(C)CC2)CC1. The van der Waals surface area contributed by atoms with Gasteiger partial charge in [0.05, 0.1) is 6.54 Å². The monoisotopic (exact) mass is 472 g/mol. The molecule has 3 rings (SSSR count). The topological polar surface area (TPSA) is 97.9 Å². The molecule has 0 radical (unpaired) electrons. The van der Waals surface area contributed by atoms with Crippen molar-refractivity contribution in [3.63, 3.8) is 0 Å². The molecule has 8 nitrogen and oxygen atoms in total. The number of hydrogen-bond donors (Lipinski definition) is 3. The molecule has 0 aromatic carbocycles. The number of piperazine rings is 1. The molecular weight excluding hydrogens is 437 g/mol. The average Bonchev–Trinajstić information content (AvgIpc) is 2.78. The lowest BCUT2D eigenvalue weighted by Crippen LogP contribution is -2.55. The maximum absolute atomic E-state index is 13.4. The second-order valence-electron chi connectivity index (χ2n) is 9.27. The van der Waals surface area contributed by atoms with Crippen molar-refractivity contribution in [3.8, 4) is 0 Å². The van der Waals surface area contributed by atoms with Crippen LogP contribution in [0.25, 0.3) is 0 Å². The number of dihydropyridines is 1. The first-order valence-corrected chi connectivity index (χ1v) is 11.5. The zero-order chi connectivity index (χ0) is 24.2. The standard InChI is InChI=1S/C22H35F3N6O2/c1-15-3-7-18(8-4-15)31(21(32)30-11-9-29(2)10-12-30)14-17-6-5-16(13-28-17)19(26)33-20(27)22(23,24)25/h5-6,15,18-19,27-28H,3-4,7-14,26H2,1-2H3. The van der Waals surface area contributed by atoms with Crippen LogP contribution in [0.2, 0.25) is 0 Å². The van der Waals surface area contributed by atoms with Gasteiger partial charge in [0.1, 0.15) is 0 Å². The van der Waals surface area contributed by atoms with Gasteiger partial charge in [-0.05, 0) is 44.7 Å². The number of nitrogens with one attached hydrogen (secondary N) is 2. The molecule has 1 atom stereocenters. The molecule has 2 aliphatic heterocycles. The third-order valence-electron chi connectivity index (χ3n) is 6.67. The molecule has 0 aromatic rings. The molecule has 2 heterocycles. The summed E-state index contributed by atoms with van der Waals surface area (Å²) < 4.78 is 42.1. The molecule has 0 bridgehead atoms. The van der Waals surface area contributed by atoms with Crippen LogP contribution in [-0.2, 0) is 4.74 Å². The van der Waals surface area contributed by atoms with Crippen molar-refractivity contribution in [2.45, 2.75) is 51.1 Å². The number of ether oxygens (including phenoxy) is 1. The van der Waals surface area contributed by atoms with E-state index in [1.54, 1.807) is 12.2 Å². The van der Waals surface area contributed by atoms with Crippen LogP contribution in [0.15, 0.2) is 23.4 Å². The summed E-state index contributed by atoms with van der Waals surface area (Å²) in [7, 11) is 2.05. The number of allylic oxidation sites excluding steroid dienone is 2. The predicted octanol–water partition coefficient (Wildman–Crippen LogP) is 2.49. The number of hydrogen-bond acceptors (Lipinski definition) is 6. The summed E-state index contributed by atoms with van der Waals surface area (Å²) in [5.74, 6) is -1.16. The van der Waals surface area contributed by atoms with Crippen LogP contribution in [0.1, 0.15) is 32.6 Å². The van der Waals surface area contributed by atoms with Gasteiger partial charge in [-0.3, -0.25) is 11.1 Å². The molecule has 4 N–H and O–H groups in total. The Balaban J connectivity index is 1.68. The number of urea groups is 1. The van der Waals surface area contributed by atoms with Crippen LogP contribution in [0.4, 0.5) is 18.0 Å². The number of rotatable bonds is 5. The number of halogens is 3. The van der Waals surface area contributed by atoms with Gasteiger partial charge >= 0.3 is 12.2 Å². The van der Waals surface area contributed by atoms with Crippen molar-refractivity contribution in [2.75, 3.05) is 46.3 Å². The highest BCUT2D eigenvalue weighted by Gasteiger charge is 2.38. The second-order valence-corrected chi connectivity index (χ2v) is 9.27. The molecule has 3 aliphatic rings. The zero-order valence-corrected chi connectivity index (χ0v) is 19.3. The van der Waals surface area contributed by atoms with Gasteiger partial charge in [-0.15, -0.1) is 0 Å². The minimum Gasteiger partial charge on any atom is -0.452 e. The van der Waals surface area contributed by atoms with Gasteiger partial charge in [0, 0.05) is 50.0 Å². The third-order valence-corrected chi connectivity index (χ3v) is 6.67. The fourth-order valence-corrected chi connectivity index (χ4v) is 4.38. The maximum atomic E-state index is 13.4. The van der Waals surface area contributed by atoms with Gasteiger partial charge in [0.25, 0.3) is 5.90 Å². The van der Waals surface area contributed by atoms with Crippen LogP contribution in [0.5, 0.6) is 0 Å². The van der Waals surface area contributed by atoms with Crippen LogP contribution in [-0.4, -0.2) is 91.4 Å². The second kappa shape index (κ2) is 10.8. The Bertz CT molecular complexity index is 769. The van der Waals surface area contributed by atoms with Gasteiger partial charge in [0.15, 0.2) is 6.23 Å². The summed E-state index contributed by atoms with van der Waals surface area (Å²) in [5.41, 5.74) is 6.91. The van der Waals surface area contributed by atoms with Crippen molar-refractivity contribution in [3.05, 3.63) is 23.4 Å². The zero-order valence-electron chi connectivity index (χ0n) is 19.3. The smallest absolute Gasteiger partial charge is 0.452 e. The average molecular weight is 473 g/mol. The molecule has 2 amide bonds. The molecule has 186 valence electrons. The predicted molar refractivity (Wildman–Crippen MR) is 120 cm³/mol. The number of nitrogens with two attached hydrogens (primary N) is 1. The van der Waals surface area contributed by atoms with Crippen LogP contribution >= 0.6 is 0 Å². The highest BCUT2D eigenvalue weighted by atomic mass is 19.4. The lowest BCUT2D eigenvalue weighted by molar-refractivity contribution is -0.0827. The molecular formula is C22H35F3N6O2. The number of nitrogens with zero attached hydrogens (tertiary/aromatic N) is 3. The summed E-state index contributed by atoms with van der Waals surface area (Å²) in [6.45, 7) is 5.92. The van der Waals surface area contributed by atoms with E-state index in [-0.39, 0.29) is 18.6 Å². The largest absolute Gasteiger partial charge is 0.467 e. The van der Waals surface area contributed by atoms with E-state index in [1.807, 2.05) is 16.8 Å². The quantitative estimate of drug-likeness (QED) is 0.325. The summed E-state index contributed by atoms with van der Waals surface area (Å²) in [6.07, 6.45) is 1.21. The van der Waals surface area contributed by atoms with Crippen molar-refractivity contribution in [1.82, 2.24) is 20.0 Å². The Kier molecular flexibility index (Phi) is 8.28. The van der Waals surface area contributed by atoms with Crippen molar-refractivity contribution < 1.29 is 22.7 Å². The minimum atomic E-state index is -4.87. The first-order valence-electron chi connectivity index (χ1n) is 11.5. The molecule has 33 heavy (non-hydrogen) atoms. The van der Waals surface area contributed by atoms with Crippen molar-refractivity contribution >= 4 is 11.9 Å². The summed E-state index contributed by atoms with van der Waals surface area (Å²) in [4.78, 5) is 19.5. The number of amides is 2. The molecule has 1 aliphatic carbocycles. The van der Waals surface area contributed by atoms with Crippen molar-refractivity contribution in [1.29, 1.82) is 5.41 Å². The lowest BCUT2D eigenvalue weighted by atomic mass is 9.86. The first-order chi connectivity index (χ1) is 15.5. The maximum Gasteiger partial charge on any atom is 0.467 e. The number of carbonyl (C=O) groups is 1. The highest BCUT2D eigenvalue weighted by Crippen LogP contribution is 2.29. The van der Waals surface area contributed by atoms with E-state index < -0.39 is 18.3 Å². The first kappa shape index (κ1) is 25.4. The van der Waals surface area contributed by atoms with E-state index in [0.29, 0.717) is 31.1 Å². The van der Waals surface area contributed by atoms with E-state index in [2.05, 4.69) is 21.9 Å². The summed E-state index contributed by atoms with van der Waals surface area (Å²) >= 11 is 0. The van der Waals surface area contributed by atoms with E-state index in [4.69, 9.17) is 11.1 Å². The fourth-order valence-electron chi connectivity index (χ4n) is 4.38. The van der Waals surface area contributed by atoms with E-state index in [9.17, 15) is 18.0 Å².